The Hall–Kier alpha value is -2.28. The normalized spacial score (nSPS) is 21.4. The van der Waals surface area contributed by atoms with Gasteiger partial charge in [0.2, 0.25) is 5.91 Å². The molecule has 21 heavy (non-hydrogen) atoms. The second-order valence-electron chi connectivity index (χ2n) is 5.27. The van der Waals surface area contributed by atoms with Gasteiger partial charge in [-0.15, -0.1) is 0 Å². The number of nitrogens with one attached hydrogen (secondary N) is 1. The van der Waals surface area contributed by atoms with Crippen LogP contribution in [0.3, 0.4) is 0 Å². The van der Waals surface area contributed by atoms with Gasteiger partial charge in [0.15, 0.2) is 5.82 Å². The van der Waals surface area contributed by atoms with Crippen LogP contribution in [-0.4, -0.2) is 26.7 Å². The van der Waals surface area contributed by atoms with Crippen molar-refractivity contribution in [3.8, 4) is 5.69 Å². The van der Waals surface area contributed by atoms with Crippen LogP contribution in [0.5, 0.6) is 0 Å². The van der Waals surface area contributed by atoms with Crippen LogP contribution in [0.1, 0.15) is 19.3 Å². The number of carbonyl (C=O) groups excluding carboxylic acids is 1. The minimum atomic E-state index is -0.471. The second kappa shape index (κ2) is 5.61. The number of hydrogen-bond donors (Lipinski definition) is 2. The van der Waals surface area contributed by atoms with Crippen molar-refractivity contribution in [2.75, 3.05) is 5.32 Å². The standard InChI is InChI=1S/C14H16FN5O/c15-12-6-11(3-4-13(12)20-8-17-7-18-20)19-14(21)9-1-2-10(16)5-9/h3-4,6-10H,1-2,5,16H2,(H,19,21). The lowest BCUT2D eigenvalue weighted by Crippen LogP contribution is -2.23. The Balaban J connectivity index is 1.72. The molecular formula is C14H16FN5O. The molecule has 0 saturated heterocycles. The van der Waals surface area contributed by atoms with Crippen molar-refractivity contribution in [3.05, 3.63) is 36.7 Å². The summed E-state index contributed by atoms with van der Waals surface area (Å²) in [6.45, 7) is 0. The first-order chi connectivity index (χ1) is 10.1. The summed E-state index contributed by atoms with van der Waals surface area (Å²) in [5, 5.41) is 6.61. The van der Waals surface area contributed by atoms with Crippen LogP contribution in [0.4, 0.5) is 10.1 Å². The SMILES string of the molecule is NC1CCC(C(=O)Nc2ccc(-n3cncn3)c(F)c2)C1. The van der Waals surface area contributed by atoms with Crippen molar-refractivity contribution in [2.45, 2.75) is 25.3 Å². The van der Waals surface area contributed by atoms with E-state index in [-0.39, 0.29) is 23.6 Å². The highest BCUT2D eigenvalue weighted by molar-refractivity contribution is 5.92. The molecule has 2 unspecified atom stereocenters. The van der Waals surface area contributed by atoms with Crippen LogP contribution in [0.2, 0.25) is 0 Å². The average molecular weight is 289 g/mol. The van der Waals surface area contributed by atoms with Gasteiger partial charge in [-0.2, -0.15) is 5.10 Å². The molecule has 3 N–H and O–H groups in total. The molecule has 1 aliphatic rings. The van der Waals surface area contributed by atoms with E-state index >= 15 is 0 Å². The van der Waals surface area contributed by atoms with Crippen LogP contribution in [0, 0.1) is 11.7 Å². The molecule has 1 aliphatic carbocycles. The number of nitrogens with two attached hydrogens (primary N) is 1. The number of carbonyl (C=O) groups is 1. The third-order valence-corrected chi connectivity index (χ3v) is 3.72. The molecule has 0 spiro atoms. The molecule has 0 aliphatic heterocycles. The van der Waals surface area contributed by atoms with Crippen molar-refractivity contribution in [3.63, 3.8) is 0 Å². The minimum absolute atomic E-state index is 0.0851. The molecule has 6 nitrogen and oxygen atoms in total. The third kappa shape index (κ3) is 2.92. The maximum atomic E-state index is 14.0. The molecule has 1 saturated carbocycles. The molecule has 7 heteroatoms. The number of benzene rings is 1. The quantitative estimate of drug-likeness (QED) is 0.896. The summed E-state index contributed by atoms with van der Waals surface area (Å²) in [6.07, 6.45) is 5.07. The number of rotatable bonds is 3. The van der Waals surface area contributed by atoms with Crippen molar-refractivity contribution in [1.82, 2.24) is 14.8 Å². The van der Waals surface area contributed by atoms with E-state index in [0.717, 1.165) is 12.8 Å². The Bertz CT molecular complexity index is 643. The van der Waals surface area contributed by atoms with E-state index in [2.05, 4.69) is 15.4 Å². The number of amides is 1. The van der Waals surface area contributed by atoms with E-state index in [1.54, 1.807) is 12.1 Å². The maximum Gasteiger partial charge on any atom is 0.227 e. The van der Waals surface area contributed by atoms with Crippen LogP contribution in [-0.2, 0) is 4.79 Å². The van der Waals surface area contributed by atoms with Gasteiger partial charge in [0.1, 0.15) is 18.3 Å². The first-order valence-electron chi connectivity index (χ1n) is 6.84. The lowest BCUT2D eigenvalue weighted by molar-refractivity contribution is -0.119. The second-order valence-corrected chi connectivity index (χ2v) is 5.27. The average Bonchev–Trinajstić information content (AvgIpc) is 3.10. The van der Waals surface area contributed by atoms with Crippen molar-refractivity contribution >= 4 is 11.6 Å². The first kappa shape index (κ1) is 13.7. The number of aromatic nitrogens is 3. The zero-order chi connectivity index (χ0) is 14.8. The number of halogens is 1. The van der Waals surface area contributed by atoms with Gasteiger partial charge in [0, 0.05) is 17.6 Å². The molecule has 1 fully saturated rings. The maximum absolute atomic E-state index is 14.0. The first-order valence-corrected chi connectivity index (χ1v) is 6.84. The van der Waals surface area contributed by atoms with Crippen molar-refractivity contribution < 1.29 is 9.18 Å². The van der Waals surface area contributed by atoms with Gasteiger partial charge < -0.3 is 11.1 Å². The van der Waals surface area contributed by atoms with E-state index in [9.17, 15) is 9.18 Å². The predicted molar refractivity (Wildman–Crippen MR) is 75.3 cm³/mol. The number of hydrogen-bond acceptors (Lipinski definition) is 4. The fourth-order valence-electron chi connectivity index (χ4n) is 2.60. The van der Waals surface area contributed by atoms with E-state index in [0.29, 0.717) is 12.1 Å². The van der Waals surface area contributed by atoms with E-state index in [4.69, 9.17) is 5.73 Å². The van der Waals surface area contributed by atoms with Gasteiger partial charge in [-0.3, -0.25) is 4.79 Å². The lowest BCUT2D eigenvalue weighted by atomic mass is 10.1. The van der Waals surface area contributed by atoms with Gasteiger partial charge >= 0.3 is 0 Å². The molecule has 1 amide bonds. The molecular weight excluding hydrogens is 273 g/mol. The molecule has 1 aromatic carbocycles. The summed E-state index contributed by atoms with van der Waals surface area (Å²) in [7, 11) is 0. The summed E-state index contributed by atoms with van der Waals surface area (Å²) >= 11 is 0. The van der Waals surface area contributed by atoms with E-state index in [1.807, 2.05) is 0 Å². The lowest BCUT2D eigenvalue weighted by Gasteiger charge is -2.11. The Kier molecular flexibility index (Phi) is 3.66. The van der Waals surface area contributed by atoms with Gasteiger partial charge in [0.05, 0.1) is 0 Å². The molecule has 3 rings (SSSR count). The predicted octanol–water partition coefficient (Wildman–Crippen LogP) is 1.47. The number of nitrogens with zero attached hydrogens (tertiary/aromatic N) is 3. The molecule has 0 bridgehead atoms. The topological polar surface area (TPSA) is 85.8 Å². The monoisotopic (exact) mass is 289 g/mol. The third-order valence-electron chi connectivity index (χ3n) is 3.72. The van der Waals surface area contributed by atoms with Crippen molar-refractivity contribution in [1.29, 1.82) is 0 Å². The molecule has 1 aromatic heterocycles. The highest BCUT2D eigenvalue weighted by atomic mass is 19.1. The smallest absolute Gasteiger partial charge is 0.227 e. The summed E-state index contributed by atoms with van der Waals surface area (Å²) < 4.78 is 15.4. The Labute approximate surface area is 121 Å². The summed E-state index contributed by atoms with van der Waals surface area (Å²) in [5.74, 6) is -0.657. The fraction of sp³-hybridized carbons (Fsp3) is 0.357. The number of anilines is 1. The van der Waals surface area contributed by atoms with E-state index in [1.165, 1.54) is 23.4 Å². The summed E-state index contributed by atoms with van der Waals surface area (Å²) in [6, 6.07) is 4.57. The Morgan fingerprint density at radius 1 is 1.43 bits per heavy atom. The van der Waals surface area contributed by atoms with E-state index < -0.39 is 5.82 Å². The van der Waals surface area contributed by atoms with Crippen LogP contribution in [0.15, 0.2) is 30.9 Å². The van der Waals surface area contributed by atoms with Gasteiger partial charge in [-0.05, 0) is 37.5 Å². The largest absolute Gasteiger partial charge is 0.328 e. The van der Waals surface area contributed by atoms with Gasteiger partial charge in [0.25, 0.3) is 0 Å². The van der Waals surface area contributed by atoms with Crippen LogP contribution >= 0.6 is 0 Å². The molecule has 0 radical (unpaired) electrons. The Morgan fingerprint density at radius 2 is 2.29 bits per heavy atom. The Morgan fingerprint density at radius 3 is 2.90 bits per heavy atom. The summed E-state index contributed by atoms with van der Waals surface area (Å²) in [4.78, 5) is 15.8. The minimum Gasteiger partial charge on any atom is -0.328 e. The van der Waals surface area contributed by atoms with Crippen molar-refractivity contribution in [2.24, 2.45) is 11.7 Å². The zero-order valence-electron chi connectivity index (χ0n) is 11.4. The molecule has 2 aromatic rings. The fourth-order valence-corrected chi connectivity index (χ4v) is 2.60. The van der Waals surface area contributed by atoms with Gasteiger partial charge in [-0.25, -0.2) is 14.1 Å². The molecule has 1 heterocycles. The highest BCUT2D eigenvalue weighted by Gasteiger charge is 2.27. The van der Waals surface area contributed by atoms with Gasteiger partial charge in [-0.1, -0.05) is 0 Å². The highest BCUT2D eigenvalue weighted by Crippen LogP contribution is 2.26. The zero-order valence-corrected chi connectivity index (χ0v) is 11.4. The van der Waals surface area contributed by atoms with Crippen LogP contribution in [0.25, 0.3) is 5.69 Å². The molecule has 2 atom stereocenters. The summed E-state index contributed by atoms with van der Waals surface area (Å²) in [5.41, 5.74) is 6.52. The molecule has 110 valence electrons. The van der Waals surface area contributed by atoms with Crippen LogP contribution < -0.4 is 11.1 Å².